The summed E-state index contributed by atoms with van der Waals surface area (Å²) in [6.07, 6.45) is 2.40. The maximum absolute atomic E-state index is 12.6. The lowest BCUT2D eigenvalue weighted by Gasteiger charge is -2.27. The highest BCUT2D eigenvalue weighted by atomic mass is 32.2. The number of carboxylic acids is 1. The summed E-state index contributed by atoms with van der Waals surface area (Å²) in [5.41, 5.74) is 0.887. The van der Waals surface area contributed by atoms with E-state index in [1.165, 1.54) is 4.90 Å². The first-order valence-corrected chi connectivity index (χ1v) is 8.23. The molecular weight excluding hydrogens is 318 g/mol. The average molecular weight is 335 g/mol. The van der Waals surface area contributed by atoms with Crippen LogP contribution in [-0.2, 0) is 9.59 Å². The Bertz CT molecular complexity index is 628. The molecule has 1 aliphatic heterocycles. The zero-order valence-corrected chi connectivity index (χ0v) is 14.0. The van der Waals surface area contributed by atoms with Gasteiger partial charge in [-0.05, 0) is 17.6 Å². The summed E-state index contributed by atoms with van der Waals surface area (Å²) < 4.78 is 0.305. The number of rotatable bonds is 5. The highest BCUT2D eigenvalue weighted by Gasteiger charge is 2.42. The molecule has 1 aromatic rings. The maximum atomic E-state index is 12.6. The topological polar surface area (TPSA) is 57.6 Å². The van der Waals surface area contributed by atoms with Gasteiger partial charge in [0.1, 0.15) is 10.4 Å². The Hall–Kier alpha value is -1.66. The number of thioether (sulfide) groups is 1. The molecule has 1 aliphatic rings. The zero-order valence-electron chi connectivity index (χ0n) is 12.4. The summed E-state index contributed by atoms with van der Waals surface area (Å²) in [6.45, 7) is 3.72. The fourth-order valence-corrected chi connectivity index (χ4v) is 3.58. The van der Waals surface area contributed by atoms with E-state index >= 15 is 0 Å². The minimum Gasteiger partial charge on any atom is -0.480 e. The number of carbonyl (C=O) groups is 2. The number of benzene rings is 1. The lowest BCUT2D eigenvalue weighted by atomic mass is 9.98. The van der Waals surface area contributed by atoms with Gasteiger partial charge in [0.2, 0.25) is 0 Å². The molecule has 1 aromatic carbocycles. The fourth-order valence-electron chi connectivity index (χ4n) is 2.25. The Morgan fingerprint density at radius 3 is 2.59 bits per heavy atom. The number of hydrogen-bond acceptors (Lipinski definition) is 4. The normalized spacial score (nSPS) is 19.5. The number of aliphatic carboxylic acids is 1. The Kier molecular flexibility index (Phi) is 5.37. The molecule has 0 aromatic heterocycles. The van der Waals surface area contributed by atoms with Crippen molar-refractivity contribution in [2.45, 2.75) is 26.3 Å². The molecule has 0 spiro atoms. The smallest absolute Gasteiger partial charge is 0.327 e. The van der Waals surface area contributed by atoms with E-state index in [0.29, 0.717) is 15.6 Å². The van der Waals surface area contributed by atoms with Crippen LogP contribution in [0.5, 0.6) is 0 Å². The minimum atomic E-state index is -1.02. The monoisotopic (exact) mass is 335 g/mol. The third-order valence-corrected chi connectivity index (χ3v) is 4.97. The van der Waals surface area contributed by atoms with Crippen LogP contribution in [0.2, 0.25) is 0 Å². The summed E-state index contributed by atoms with van der Waals surface area (Å²) in [5, 5.41) is 9.46. The molecule has 0 radical (unpaired) electrons. The van der Waals surface area contributed by atoms with Gasteiger partial charge in [0.25, 0.3) is 5.91 Å². The van der Waals surface area contributed by atoms with Crippen molar-refractivity contribution < 1.29 is 14.7 Å². The summed E-state index contributed by atoms with van der Waals surface area (Å²) in [4.78, 5) is 25.8. The Morgan fingerprint density at radius 2 is 2.05 bits per heavy atom. The summed E-state index contributed by atoms with van der Waals surface area (Å²) in [7, 11) is 0. The highest BCUT2D eigenvalue weighted by molar-refractivity contribution is 8.26. The quantitative estimate of drug-likeness (QED) is 0.660. The number of carboxylic acid groups (broad SMARTS) is 1. The zero-order chi connectivity index (χ0) is 16.3. The third-order valence-electron chi connectivity index (χ3n) is 3.64. The Balaban J connectivity index is 2.32. The van der Waals surface area contributed by atoms with Gasteiger partial charge in [0, 0.05) is 0 Å². The molecular formula is C16H17NO3S2. The van der Waals surface area contributed by atoms with Gasteiger partial charge in [-0.15, -0.1) is 0 Å². The van der Waals surface area contributed by atoms with Gasteiger partial charge >= 0.3 is 5.97 Å². The van der Waals surface area contributed by atoms with Crippen LogP contribution in [-0.4, -0.2) is 32.2 Å². The predicted molar refractivity (Wildman–Crippen MR) is 92.3 cm³/mol. The molecule has 0 bridgehead atoms. The first-order valence-electron chi connectivity index (χ1n) is 7.00. The van der Waals surface area contributed by atoms with Gasteiger partial charge in [-0.2, -0.15) is 0 Å². The molecule has 0 saturated carbocycles. The summed E-state index contributed by atoms with van der Waals surface area (Å²) in [6, 6.07) is 8.51. The van der Waals surface area contributed by atoms with E-state index in [1.54, 1.807) is 6.08 Å². The number of hydrogen-bond donors (Lipinski definition) is 1. The maximum Gasteiger partial charge on any atom is 0.327 e. The molecule has 1 N–H and O–H groups in total. The lowest BCUT2D eigenvalue weighted by molar-refractivity contribution is -0.147. The molecule has 116 valence electrons. The van der Waals surface area contributed by atoms with Crippen LogP contribution in [0, 0.1) is 5.92 Å². The number of nitrogens with zero attached hydrogens (tertiary/aromatic N) is 1. The summed E-state index contributed by atoms with van der Waals surface area (Å²) in [5.74, 6) is -1.52. The van der Waals surface area contributed by atoms with Crippen LogP contribution in [0.3, 0.4) is 0 Å². The molecule has 1 heterocycles. The second kappa shape index (κ2) is 7.07. The first-order chi connectivity index (χ1) is 10.5. The molecule has 2 atom stereocenters. The molecule has 4 nitrogen and oxygen atoms in total. The fraction of sp³-hybridized carbons (Fsp3) is 0.312. The molecule has 1 fully saturated rings. The predicted octanol–water partition coefficient (Wildman–Crippen LogP) is 3.39. The van der Waals surface area contributed by atoms with E-state index in [0.717, 1.165) is 17.3 Å². The Morgan fingerprint density at radius 1 is 1.41 bits per heavy atom. The van der Waals surface area contributed by atoms with Crippen molar-refractivity contribution in [2.24, 2.45) is 5.92 Å². The van der Waals surface area contributed by atoms with Crippen LogP contribution < -0.4 is 0 Å². The first kappa shape index (κ1) is 16.7. The van der Waals surface area contributed by atoms with Crippen molar-refractivity contribution in [1.29, 1.82) is 0 Å². The van der Waals surface area contributed by atoms with Gasteiger partial charge in [-0.3, -0.25) is 9.69 Å². The molecule has 0 aliphatic carbocycles. The van der Waals surface area contributed by atoms with Crippen LogP contribution in [0.15, 0.2) is 35.2 Å². The van der Waals surface area contributed by atoms with E-state index in [4.69, 9.17) is 12.2 Å². The second-order valence-electron chi connectivity index (χ2n) is 5.13. The third kappa shape index (κ3) is 3.39. The van der Waals surface area contributed by atoms with Crippen molar-refractivity contribution in [2.75, 3.05) is 0 Å². The summed E-state index contributed by atoms with van der Waals surface area (Å²) >= 11 is 6.39. The van der Waals surface area contributed by atoms with Gasteiger partial charge in [-0.1, -0.05) is 74.6 Å². The van der Waals surface area contributed by atoms with E-state index in [9.17, 15) is 14.7 Å². The van der Waals surface area contributed by atoms with Crippen molar-refractivity contribution in [1.82, 2.24) is 4.90 Å². The Labute approximate surface area is 139 Å². The molecule has 22 heavy (non-hydrogen) atoms. The van der Waals surface area contributed by atoms with Gasteiger partial charge in [0.05, 0.1) is 4.91 Å². The van der Waals surface area contributed by atoms with Crippen molar-refractivity contribution in [3.05, 3.63) is 40.8 Å². The van der Waals surface area contributed by atoms with E-state index in [-0.39, 0.29) is 11.8 Å². The SMILES string of the molecule is CCC(C)C(C(=O)O)N1C(=O)/C(=C/c2ccccc2)SC1=S. The van der Waals surface area contributed by atoms with Gasteiger partial charge in [-0.25, -0.2) is 4.79 Å². The van der Waals surface area contributed by atoms with Crippen molar-refractivity contribution in [3.8, 4) is 0 Å². The molecule has 2 rings (SSSR count). The van der Waals surface area contributed by atoms with Crippen molar-refractivity contribution in [3.63, 3.8) is 0 Å². The highest BCUT2D eigenvalue weighted by Crippen LogP contribution is 2.35. The van der Waals surface area contributed by atoms with Crippen molar-refractivity contribution >= 4 is 46.3 Å². The minimum absolute atomic E-state index is 0.170. The van der Waals surface area contributed by atoms with E-state index < -0.39 is 12.0 Å². The number of amides is 1. The van der Waals surface area contributed by atoms with Gasteiger partial charge < -0.3 is 5.11 Å². The number of thiocarbonyl (C=S) groups is 1. The molecule has 1 saturated heterocycles. The second-order valence-corrected chi connectivity index (χ2v) is 6.81. The largest absolute Gasteiger partial charge is 0.480 e. The lowest BCUT2D eigenvalue weighted by Crippen LogP contribution is -2.47. The van der Waals surface area contributed by atoms with E-state index in [1.807, 2.05) is 44.2 Å². The number of carbonyl (C=O) groups excluding carboxylic acids is 1. The van der Waals surface area contributed by atoms with Gasteiger partial charge in [0.15, 0.2) is 0 Å². The average Bonchev–Trinajstić information content (AvgIpc) is 2.76. The standard InChI is InChI=1S/C16H17NO3S2/c1-3-10(2)13(15(19)20)17-14(18)12(22-16(17)21)9-11-7-5-4-6-8-11/h4-10,13H,3H2,1-2H3,(H,19,20)/b12-9-. The molecule has 6 heteroatoms. The van der Waals surface area contributed by atoms with Crippen LogP contribution in [0.4, 0.5) is 0 Å². The van der Waals surface area contributed by atoms with E-state index in [2.05, 4.69) is 0 Å². The molecule has 1 amide bonds. The van der Waals surface area contributed by atoms with Crippen LogP contribution >= 0.6 is 24.0 Å². The molecule has 2 unspecified atom stereocenters. The van der Waals surface area contributed by atoms with Crippen LogP contribution in [0.25, 0.3) is 6.08 Å². The van der Waals surface area contributed by atoms with Crippen LogP contribution in [0.1, 0.15) is 25.8 Å².